The van der Waals surface area contributed by atoms with Crippen LogP contribution in [0.5, 0.6) is 11.5 Å². The Morgan fingerprint density at radius 2 is 1.84 bits per heavy atom. The Bertz CT molecular complexity index is 1050. The van der Waals surface area contributed by atoms with Gasteiger partial charge in [0.25, 0.3) is 10.2 Å². The van der Waals surface area contributed by atoms with Crippen LogP contribution in [-0.4, -0.2) is 32.6 Å². The first-order valence-corrected chi connectivity index (χ1v) is 11.3. The number of carboxylic acid groups (broad SMARTS) is 1. The fourth-order valence-corrected chi connectivity index (χ4v) is 4.52. The molecule has 0 aromatic heterocycles. The summed E-state index contributed by atoms with van der Waals surface area (Å²) in [5.74, 6) is -2.05. The molecule has 2 aromatic rings. The highest BCUT2D eigenvalue weighted by atomic mass is 79.9. The molecule has 0 radical (unpaired) electrons. The topological polar surface area (TPSA) is 119 Å². The Labute approximate surface area is 189 Å². The molecule has 31 heavy (non-hydrogen) atoms. The number of aliphatic carboxylic acids is 1. The molecule has 1 unspecified atom stereocenters. The SMILES string of the molecule is COc1ccc(COc2cc(Br)cc(F)c2N(C(C(=O)O)C(C)(C)C)S(N)(=O)=O)cc1. The normalized spacial score (nSPS) is 12.9. The van der Waals surface area contributed by atoms with Gasteiger partial charge in [-0.2, -0.15) is 8.42 Å². The minimum Gasteiger partial charge on any atom is -0.497 e. The number of ether oxygens (including phenoxy) is 2. The van der Waals surface area contributed by atoms with Crippen LogP contribution in [0.4, 0.5) is 10.1 Å². The van der Waals surface area contributed by atoms with Gasteiger partial charge in [-0.3, -0.25) is 0 Å². The van der Waals surface area contributed by atoms with Gasteiger partial charge in [0.1, 0.15) is 29.8 Å². The lowest BCUT2D eigenvalue weighted by atomic mass is 9.86. The summed E-state index contributed by atoms with van der Waals surface area (Å²) in [6.45, 7) is 4.49. The van der Waals surface area contributed by atoms with Gasteiger partial charge in [0, 0.05) is 4.47 Å². The summed E-state index contributed by atoms with van der Waals surface area (Å²) in [5, 5.41) is 15.1. The van der Waals surface area contributed by atoms with E-state index in [0.29, 0.717) is 15.6 Å². The van der Waals surface area contributed by atoms with E-state index in [0.717, 1.165) is 6.07 Å². The van der Waals surface area contributed by atoms with Crippen molar-refractivity contribution in [2.75, 3.05) is 11.4 Å². The van der Waals surface area contributed by atoms with E-state index in [4.69, 9.17) is 14.6 Å². The predicted molar refractivity (Wildman–Crippen MR) is 118 cm³/mol. The summed E-state index contributed by atoms with van der Waals surface area (Å²) >= 11 is 3.15. The molecule has 11 heteroatoms. The molecule has 0 aliphatic carbocycles. The maximum absolute atomic E-state index is 15.0. The van der Waals surface area contributed by atoms with Crippen molar-refractivity contribution < 1.29 is 32.2 Å². The van der Waals surface area contributed by atoms with Gasteiger partial charge in [0.05, 0.1) is 7.11 Å². The average Bonchev–Trinajstić information content (AvgIpc) is 2.63. The predicted octanol–water partition coefficient (Wildman–Crippen LogP) is 3.69. The second-order valence-corrected chi connectivity index (χ2v) is 10.2. The van der Waals surface area contributed by atoms with Crippen LogP contribution < -0.4 is 18.9 Å². The van der Waals surface area contributed by atoms with Crippen molar-refractivity contribution in [3.05, 3.63) is 52.3 Å². The van der Waals surface area contributed by atoms with E-state index in [-0.39, 0.29) is 16.8 Å². The molecule has 2 rings (SSSR count). The number of methoxy groups -OCH3 is 1. The van der Waals surface area contributed by atoms with Crippen molar-refractivity contribution in [1.82, 2.24) is 0 Å². The standard InChI is InChI=1S/C20H24BrFN2O6S/c1-20(2,3)18(19(25)26)24(31(23,27)28)17-15(22)9-13(21)10-16(17)30-11-12-5-7-14(29-4)8-6-12/h5-10,18H,11H2,1-4H3,(H,25,26)(H2,23,27,28). The molecular weight excluding hydrogens is 495 g/mol. The summed E-state index contributed by atoms with van der Waals surface area (Å²) in [6.07, 6.45) is 0. The van der Waals surface area contributed by atoms with Gasteiger partial charge in [-0.05, 0) is 35.2 Å². The van der Waals surface area contributed by atoms with E-state index in [1.807, 2.05) is 0 Å². The largest absolute Gasteiger partial charge is 0.497 e. The van der Waals surface area contributed by atoms with Crippen molar-refractivity contribution in [3.8, 4) is 11.5 Å². The molecular formula is C20H24BrFN2O6S. The Kier molecular flexibility index (Phi) is 7.56. The number of nitrogens with zero attached hydrogens (tertiary/aromatic N) is 1. The van der Waals surface area contributed by atoms with E-state index in [1.165, 1.54) is 33.9 Å². The van der Waals surface area contributed by atoms with Crippen LogP contribution in [0, 0.1) is 11.2 Å². The lowest BCUT2D eigenvalue weighted by Crippen LogP contribution is -2.54. The van der Waals surface area contributed by atoms with Crippen LogP contribution in [0.3, 0.4) is 0 Å². The van der Waals surface area contributed by atoms with Crippen molar-refractivity contribution in [2.45, 2.75) is 33.4 Å². The van der Waals surface area contributed by atoms with Gasteiger partial charge < -0.3 is 14.6 Å². The highest BCUT2D eigenvalue weighted by Gasteiger charge is 2.44. The number of nitrogens with two attached hydrogens (primary N) is 1. The minimum absolute atomic E-state index is 0.0431. The monoisotopic (exact) mass is 518 g/mol. The number of halogens is 2. The Morgan fingerprint density at radius 3 is 2.29 bits per heavy atom. The molecule has 0 fully saturated rings. The lowest BCUT2D eigenvalue weighted by molar-refractivity contribution is -0.140. The molecule has 0 heterocycles. The summed E-state index contributed by atoms with van der Waals surface area (Å²) in [5.41, 5.74) is -1.01. The number of hydrogen-bond donors (Lipinski definition) is 2. The number of benzene rings is 2. The van der Waals surface area contributed by atoms with Gasteiger partial charge in [-0.15, -0.1) is 0 Å². The fourth-order valence-electron chi connectivity index (χ4n) is 2.97. The second-order valence-electron chi connectivity index (χ2n) is 7.82. The Hall–Kier alpha value is -2.37. The number of carboxylic acids is 1. The zero-order valence-corrected chi connectivity index (χ0v) is 19.8. The zero-order valence-electron chi connectivity index (χ0n) is 17.4. The third-order valence-corrected chi connectivity index (χ3v) is 5.73. The maximum Gasteiger partial charge on any atom is 0.328 e. The van der Waals surface area contributed by atoms with Gasteiger partial charge >= 0.3 is 5.97 Å². The van der Waals surface area contributed by atoms with E-state index < -0.39 is 39.1 Å². The molecule has 0 saturated carbocycles. The van der Waals surface area contributed by atoms with Crippen molar-refractivity contribution in [2.24, 2.45) is 10.6 Å². The average molecular weight is 519 g/mol. The molecule has 170 valence electrons. The first-order valence-electron chi connectivity index (χ1n) is 9.05. The highest BCUT2D eigenvalue weighted by Crippen LogP contribution is 2.40. The van der Waals surface area contributed by atoms with Crippen LogP contribution >= 0.6 is 15.9 Å². The van der Waals surface area contributed by atoms with Crippen molar-refractivity contribution in [1.29, 1.82) is 0 Å². The maximum atomic E-state index is 15.0. The molecule has 0 saturated heterocycles. The van der Waals surface area contributed by atoms with Crippen LogP contribution in [0.1, 0.15) is 26.3 Å². The van der Waals surface area contributed by atoms with E-state index in [1.54, 1.807) is 24.3 Å². The first kappa shape index (κ1) is 24.9. The Morgan fingerprint density at radius 1 is 1.26 bits per heavy atom. The molecule has 8 nitrogen and oxygen atoms in total. The molecule has 0 bridgehead atoms. The van der Waals surface area contributed by atoms with E-state index >= 15 is 4.39 Å². The van der Waals surface area contributed by atoms with Gasteiger partial charge in [-0.1, -0.05) is 48.8 Å². The highest BCUT2D eigenvalue weighted by molar-refractivity contribution is 9.10. The first-order chi connectivity index (χ1) is 14.3. The molecule has 0 aliphatic heterocycles. The number of carbonyl (C=O) groups is 1. The van der Waals surface area contributed by atoms with Crippen LogP contribution in [0.25, 0.3) is 0 Å². The molecule has 3 N–H and O–H groups in total. The molecule has 0 spiro atoms. The summed E-state index contributed by atoms with van der Waals surface area (Å²) in [7, 11) is -3.17. The molecule has 2 aromatic carbocycles. The number of hydrogen-bond acceptors (Lipinski definition) is 5. The van der Waals surface area contributed by atoms with Crippen molar-refractivity contribution >= 4 is 37.8 Å². The third kappa shape index (κ3) is 6.08. The summed E-state index contributed by atoms with van der Waals surface area (Å²) < 4.78 is 51.4. The van der Waals surface area contributed by atoms with Gasteiger partial charge in [0.2, 0.25) is 0 Å². The Balaban J connectivity index is 2.59. The van der Waals surface area contributed by atoms with E-state index in [2.05, 4.69) is 15.9 Å². The van der Waals surface area contributed by atoms with Gasteiger partial charge in [-0.25, -0.2) is 18.6 Å². The third-order valence-electron chi connectivity index (χ3n) is 4.33. The van der Waals surface area contributed by atoms with E-state index in [9.17, 15) is 18.3 Å². The second kappa shape index (κ2) is 9.41. The quantitative estimate of drug-likeness (QED) is 0.549. The molecule has 0 aliphatic rings. The van der Waals surface area contributed by atoms with Crippen molar-refractivity contribution in [3.63, 3.8) is 0 Å². The zero-order chi connectivity index (χ0) is 23.6. The fraction of sp³-hybridized carbons (Fsp3) is 0.350. The van der Waals surface area contributed by atoms with Crippen LogP contribution in [0.2, 0.25) is 0 Å². The molecule has 1 atom stereocenters. The smallest absolute Gasteiger partial charge is 0.328 e. The van der Waals surface area contributed by atoms with Gasteiger partial charge in [0.15, 0.2) is 5.82 Å². The number of anilines is 1. The summed E-state index contributed by atoms with van der Waals surface area (Å²) in [4.78, 5) is 12.0. The minimum atomic E-state index is -4.69. The molecule has 0 amide bonds. The number of rotatable bonds is 8. The van der Waals surface area contributed by atoms with Crippen LogP contribution in [0.15, 0.2) is 40.9 Å². The lowest BCUT2D eigenvalue weighted by Gasteiger charge is -2.37. The summed E-state index contributed by atoms with van der Waals surface area (Å²) in [6, 6.07) is 7.52. The van der Waals surface area contributed by atoms with Crippen LogP contribution in [-0.2, 0) is 21.6 Å².